The van der Waals surface area contributed by atoms with Crippen molar-refractivity contribution in [3.05, 3.63) is 17.0 Å². The van der Waals surface area contributed by atoms with Gasteiger partial charge in [-0.2, -0.15) is 5.10 Å². The minimum absolute atomic E-state index is 0.0144. The van der Waals surface area contributed by atoms with Crippen LogP contribution in [0, 0.1) is 19.8 Å². The average molecular weight is 333 g/mol. The SMILES string of the molecule is Cc1nn(C)c(C)c1CCC(=O)N1[C@@H]2CCCC[C@H]2C[C@H]1C(=O)O. The van der Waals surface area contributed by atoms with Crippen molar-refractivity contribution in [2.24, 2.45) is 13.0 Å². The summed E-state index contributed by atoms with van der Waals surface area (Å²) in [6.45, 7) is 3.97. The molecule has 1 amide bonds. The fraction of sp³-hybridized carbons (Fsp3) is 0.722. The predicted molar refractivity (Wildman–Crippen MR) is 89.6 cm³/mol. The van der Waals surface area contributed by atoms with E-state index in [1.54, 1.807) is 4.90 Å². The van der Waals surface area contributed by atoms with Crippen LogP contribution in [0.3, 0.4) is 0 Å². The lowest BCUT2D eigenvalue weighted by Gasteiger charge is -2.33. The molecule has 0 aromatic carbocycles. The van der Waals surface area contributed by atoms with Crippen LogP contribution in [0.4, 0.5) is 0 Å². The van der Waals surface area contributed by atoms with Crippen LogP contribution in [-0.4, -0.2) is 43.7 Å². The molecule has 1 aliphatic carbocycles. The number of carbonyl (C=O) groups excluding carboxylic acids is 1. The van der Waals surface area contributed by atoms with Gasteiger partial charge < -0.3 is 10.0 Å². The van der Waals surface area contributed by atoms with E-state index in [1.165, 1.54) is 0 Å². The summed E-state index contributed by atoms with van der Waals surface area (Å²) in [6, 6.07) is -0.509. The van der Waals surface area contributed by atoms with Gasteiger partial charge in [0.25, 0.3) is 0 Å². The Hall–Kier alpha value is -1.85. The van der Waals surface area contributed by atoms with Gasteiger partial charge in [-0.05, 0) is 51.0 Å². The molecule has 3 atom stereocenters. The summed E-state index contributed by atoms with van der Waals surface area (Å²) in [5.41, 5.74) is 3.14. The fourth-order valence-electron chi connectivity index (χ4n) is 4.58. The van der Waals surface area contributed by atoms with Gasteiger partial charge in [0, 0.05) is 25.2 Å². The van der Waals surface area contributed by atoms with Crippen molar-refractivity contribution in [1.82, 2.24) is 14.7 Å². The second-order valence-corrected chi connectivity index (χ2v) is 7.28. The summed E-state index contributed by atoms with van der Waals surface area (Å²) in [5, 5.41) is 13.9. The van der Waals surface area contributed by atoms with Crippen LogP contribution in [0.2, 0.25) is 0 Å². The number of hydrogen-bond acceptors (Lipinski definition) is 3. The minimum Gasteiger partial charge on any atom is -0.480 e. The second kappa shape index (κ2) is 6.57. The van der Waals surface area contributed by atoms with Gasteiger partial charge in [0.1, 0.15) is 6.04 Å². The van der Waals surface area contributed by atoms with Gasteiger partial charge in [-0.3, -0.25) is 9.48 Å². The number of amides is 1. The van der Waals surface area contributed by atoms with Crippen molar-refractivity contribution in [2.75, 3.05) is 0 Å². The van der Waals surface area contributed by atoms with Crippen molar-refractivity contribution in [1.29, 1.82) is 0 Å². The van der Waals surface area contributed by atoms with E-state index < -0.39 is 12.0 Å². The van der Waals surface area contributed by atoms with Gasteiger partial charge in [0.2, 0.25) is 5.91 Å². The number of carbonyl (C=O) groups is 2. The van der Waals surface area contributed by atoms with E-state index in [2.05, 4.69) is 5.10 Å². The number of aryl methyl sites for hydroxylation is 2. The topological polar surface area (TPSA) is 75.4 Å². The van der Waals surface area contributed by atoms with E-state index in [-0.39, 0.29) is 11.9 Å². The van der Waals surface area contributed by atoms with E-state index in [4.69, 9.17) is 0 Å². The van der Waals surface area contributed by atoms with E-state index in [9.17, 15) is 14.7 Å². The van der Waals surface area contributed by atoms with Gasteiger partial charge in [0.05, 0.1) is 5.69 Å². The molecule has 2 heterocycles. The Balaban J connectivity index is 1.73. The Morgan fingerprint density at radius 3 is 2.58 bits per heavy atom. The van der Waals surface area contributed by atoms with Gasteiger partial charge in [-0.25, -0.2) is 4.79 Å². The molecule has 6 heteroatoms. The third-order valence-corrected chi connectivity index (χ3v) is 5.91. The summed E-state index contributed by atoms with van der Waals surface area (Å²) < 4.78 is 1.84. The van der Waals surface area contributed by atoms with Crippen LogP contribution in [0.15, 0.2) is 0 Å². The number of nitrogens with zero attached hydrogens (tertiary/aromatic N) is 3. The van der Waals surface area contributed by atoms with Crippen LogP contribution >= 0.6 is 0 Å². The molecule has 1 saturated carbocycles. The minimum atomic E-state index is -0.855. The van der Waals surface area contributed by atoms with Crippen LogP contribution in [0.1, 0.15) is 55.5 Å². The Kier molecular flexibility index (Phi) is 4.65. The first-order valence-corrected chi connectivity index (χ1v) is 8.93. The average Bonchev–Trinajstić information content (AvgIpc) is 3.04. The first kappa shape index (κ1) is 17.0. The quantitative estimate of drug-likeness (QED) is 0.917. The maximum atomic E-state index is 12.9. The number of aliphatic carboxylic acids is 1. The zero-order chi connectivity index (χ0) is 17.4. The summed E-state index contributed by atoms with van der Waals surface area (Å²) in [4.78, 5) is 26.2. The molecule has 24 heavy (non-hydrogen) atoms. The first-order valence-electron chi connectivity index (χ1n) is 8.93. The smallest absolute Gasteiger partial charge is 0.326 e. The molecule has 1 N–H and O–H groups in total. The highest BCUT2D eigenvalue weighted by molar-refractivity contribution is 5.85. The molecule has 3 rings (SSSR count). The van der Waals surface area contributed by atoms with E-state index in [0.29, 0.717) is 25.2 Å². The number of likely N-dealkylation sites (tertiary alicyclic amines) is 1. The summed E-state index contributed by atoms with van der Waals surface area (Å²) >= 11 is 0. The van der Waals surface area contributed by atoms with Crippen molar-refractivity contribution in [3.8, 4) is 0 Å². The predicted octanol–water partition coefficient (Wildman–Crippen LogP) is 2.21. The molecule has 6 nitrogen and oxygen atoms in total. The molecule has 1 aromatic heterocycles. The zero-order valence-electron chi connectivity index (χ0n) is 14.8. The second-order valence-electron chi connectivity index (χ2n) is 7.28. The monoisotopic (exact) mass is 333 g/mol. The summed E-state index contributed by atoms with van der Waals surface area (Å²) in [5.74, 6) is -0.503. The molecule has 2 aliphatic rings. The maximum absolute atomic E-state index is 12.9. The largest absolute Gasteiger partial charge is 0.480 e. The molecule has 132 valence electrons. The van der Waals surface area contributed by atoms with E-state index in [0.717, 1.165) is 42.6 Å². The maximum Gasteiger partial charge on any atom is 0.326 e. The summed E-state index contributed by atoms with van der Waals surface area (Å²) in [6.07, 6.45) is 5.87. The standard InChI is InChI=1S/C18H27N3O3/c1-11-14(12(2)20(3)19-11)8-9-17(22)21-15-7-5-4-6-13(15)10-16(21)18(23)24/h13,15-16H,4-10H2,1-3H3,(H,23,24)/t13-,15+,16-/m0/s1. The normalized spacial score (nSPS) is 26.5. The highest BCUT2D eigenvalue weighted by Gasteiger charge is 2.47. The molecule has 1 aromatic rings. The zero-order valence-corrected chi connectivity index (χ0v) is 14.8. The fourth-order valence-corrected chi connectivity index (χ4v) is 4.58. The number of carboxylic acids is 1. The molecular weight excluding hydrogens is 306 g/mol. The van der Waals surface area contributed by atoms with Crippen LogP contribution < -0.4 is 0 Å². The third-order valence-electron chi connectivity index (χ3n) is 5.91. The Morgan fingerprint density at radius 2 is 1.96 bits per heavy atom. The van der Waals surface area contributed by atoms with E-state index >= 15 is 0 Å². The molecule has 0 bridgehead atoms. The lowest BCUT2D eigenvalue weighted by molar-refractivity contribution is -0.149. The lowest BCUT2D eigenvalue weighted by Crippen LogP contribution is -2.46. The van der Waals surface area contributed by atoms with Crippen molar-refractivity contribution < 1.29 is 14.7 Å². The van der Waals surface area contributed by atoms with Crippen LogP contribution in [0.25, 0.3) is 0 Å². The lowest BCUT2D eigenvalue weighted by atomic mass is 9.84. The molecule has 1 saturated heterocycles. The molecule has 1 aliphatic heterocycles. The molecular formula is C18H27N3O3. The molecule has 2 fully saturated rings. The first-order chi connectivity index (χ1) is 11.4. The van der Waals surface area contributed by atoms with Gasteiger partial charge >= 0.3 is 5.97 Å². The number of carboxylic acid groups (broad SMARTS) is 1. The van der Waals surface area contributed by atoms with Crippen molar-refractivity contribution in [2.45, 2.75) is 70.9 Å². The number of aromatic nitrogens is 2. The Morgan fingerprint density at radius 1 is 1.25 bits per heavy atom. The van der Waals surface area contributed by atoms with Gasteiger partial charge in [-0.15, -0.1) is 0 Å². The number of rotatable bonds is 4. The van der Waals surface area contributed by atoms with Crippen molar-refractivity contribution >= 4 is 11.9 Å². The molecule has 0 unspecified atom stereocenters. The highest BCUT2D eigenvalue weighted by Crippen LogP contribution is 2.40. The van der Waals surface area contributed by atoms with Gasteiger partial charge in [0.15, 0.2) is 0 Å². The summed E-state index contributed by atoms with van der Waals surface area (Å²) in [7, 11) is 1.90. The molecule has 0 radical (unpaired) electrons. The Labute approximate surface area is 142 Å². The van der Waals surface area contributed by atoms with Crippen LogP contribution in [-0.2, 0) is 23.1 Å². The molecule has 0 spiro atoms. The van der Waals surface area contributed by atoms with Gasteiger partial charge in [-0.1, -0.05) is 12.8 Å². The van der Waals surface area contributed by atoms with E-state index in [1.807, 2.05) is 25.6 Å². The van der Waals surface area contributed by atoms with Crippen molar-refractivity contribution in [3.63, 3.8) is 0 Å². The number of fused-ring (bicyclic) bond motifs is 1. The Bertz CT molecular complexity index is 652. The third kappa shape index (κ3) is 2.94. The van der Waals surface area contributed by atoms with Crippen LogP contribution in [0.5, 0.6) is 0 Å². The number of hydrogen-bond donors (Lipinski definition) is 1. The highest BCUT2D eigenvalue weighted by atomic mass is 16.4.